The van der Waals surface area contributed by atoms with E-state index in [-0.39, 0.29) is 6.03 Å². The zero-order valence-corrected chi connectivity index (χ0v) is 14.9. The minimum atomic E-state index is 0.116. The minimum absolute atomic E-state index is 0.116. The molecule has 0 bridgehead atoms. The van der Waals surface area contributed by atoms with Crippen LogP contribution in [0.4, 0.5) is 4.79 Å². The zero-order valence-electron chi connectivity index (χ0n) is 14.1. The minimum Gasteiger partial charge on any atom is -0.361 e. The smallest absolute Gasteiger partial charge is 0.317 e. The number of hydrogen-bond donors (Lipinski definition) is 1. The number of carbonyl (C=O) groups is 1. The number of carbonyl (C=O) groups excluding carboxylic acids is 1. The van der Waals surface area contributed by atoms with Crippen LogP contribution < -0.4 is 5.32 Å². The van der Waals surface area contributed by atoms with E-state index in [4.69, 9.17) is 4.52 Å². The zero-order chi connectivity index (χ0) is 16.2. The molecule has 2 fully saturated rings. The summed E-state index contributed by atoms with van der Waals surface area (Å²) < 4.78 is 5.38. The Morgan fingerprint density at radius 1 is 1.39 bits per heavy atom. The first-order valence-electron chi connectivity index (χ1n) is 8.77. The van der Waals surface area contributed by atoms with Crippen molar-refractivity contribution in [2.45, 2.75) is 63.2 Å². The van der Waals surface area contributed by atoms with E-state index in [2.05, 4.69) is 17.4 Å². The number of hydrogen-bond acceptors (Lipinski definition) is 4. The van der Waals surface area contributed by atoms with Crippen LogP contribution >= 0.6 is 11.8 Å². The largest absolute Gasteiger partial charge is 0.361 e. The second kappa shape index (κ2) is 7.60. The van der Waals surface area contributed by atoms with Gasteiger partial charge in [-0.3, -0.25) is 0 Å². The van der Waals surface area contributed by atoms with Gasteiger partial charge in [-0.2, -0.15) is 11.8 Å². The summed E-state index contributed by atoms with van der Waals surface area (Å²) in [7, 11) is 0. The molecule has 0 aromatic carbocycles. The Kier molecular flexibility index (Phi) is 5.51. The lowest BCUT2D eigenvalue weighted by Gasteiger charge is -2.32. The van der Waals surface area contributed by atoms with Crippen molar-refractivity contribution in [3.63, 3.8) is 0 Å². The first kappa shape index (κ1) is 16.7. The summed E-state index contributed by atoms with van der Waals surface area (Å²) in [5, 5.41) is 7.84. The van der Waals surface area contributed by atoms with E-state index in [9.17, 15) is 4.79 Å². The number of nitrogens with zero attached hydrogens (tertiary/aromatic N) is 2. The van der Waals surface area contributed by atoms with E-state index in [0.717, 1.165) is 49.6 Å². The fourth-order valence-corrected chi connectivity index (χ4v) is 4.90. The SMILES string of the molecule is CCSC1CCCC1NC(=O)N1CCC(c2cc(C)no2)CC1. The predicted octanol–water partition coefficient (Wildman–Crippen LogP) is 3.55. The monoisotopic (exact) mass is 337 g/mol. The van der Waals surface area contributed by atoms with Gasteiger partial charge in [-0.15, -0.1) is 0 Å². The van der Waals surface area contributed by atoms with Crippen LogP contribution in [0.2, 0.25) is 0 Å². The van der Waals surface area contributed by atoms with E-state index in [0.29, 0.717) is 17.2 Å². The van der Waals surface area contributed by atoms with E-state index in [1.807, 2.05) is 29.7 Å². The van der Waals surface area contributed by atoms with Gasteiger partial charge in [-0.1, -0.05) is 18.5 Å². The summed E-state index contributed by atoms with van der Waals surface area (Å²) in [5.41, 5.74) is 0.931. The number of aryl methyl sites for hydroxylation is 1. The van der Waals surface area contributed by atoms with Crippen molar-refractivity contribution in [2.24, 2.45) is 0 Å². The fraction of sp³-hybridized carbons (Fsp3) is 0.765. The maximum Gasteiger partial charge on any atom is 0.317 e. The third-order valence-electron chi connectivity index (χ3n) is 4.97. The maximum atomic E-state index is 12.5. The van der Waals surface area contributed by atoms with Gasteiger partial charge in [0.2, 0.25) is 0 Å². The lowest BCUT2D eigenvalue weighted by atomic mass is 9.94. The molecule has 1 saturated carbocycles. The Bertz CT molecular complexity index is 526. The highest BCUT2D eigenvalue weighted by molar-refractivity contribution is 7.99. The Labute approximate surface area is 142 Å². The number of likely N-dealkylation sites (tertiary alicyclic amines) is 1. The molecule has 1 aromatic rings. The molecule has 5 nitrogen and oxygen atoms in total. The summed E-state index contributed by atoms with van der Waals surface area (Å²) in [6.45, 7) is 5.74. The highest BCUT2D eigenvalue weighted by atomic mass is 32.2. The van der Waals surface area contributed by atoms with Crippen LogP contribution in [-0.2, 0) is 0 Å². The highest BCUT2D eigenvalue weighted by Crippen LogP contribution is 2.31. The Hall–Kier alpha value is -1.17. The van der Waals surface area contributed by atoms with Crippen molar-refractivity contribution in [3.05, 3.63) is 17.5 Å². The number of rotatable bonds is 4. The molecule has 2 atom stereocenters. The van der Waals surface area contributed by atoms with Gasteiger partial charge in [0.25, 0.3) is 0 Å². The molecule has 6 heteroatoms. The van der Waals surface area contributed by atoms with Gasteiger partial charge >= 0.3 is 6.03 Å². The van der Waals surface area contributed by atoms with Gasteiger partial charge in [0.1, 0.15) is 5.76 Å². The first-order valence-corrected chi connectivity index (χ1v) is 9.82. The van der Waals surface area contributed by atoms with Crippen LogP contribution in [0.1, 0.15) is 56.4 Å². The van der Waals surface area contributed by atoms with Gasteiger partial charge in [0.15, 0.2) is 0 Å². The fourth-order valence-electron chi connectivity index (χ4n) is 3.70. The number of aromatic nitrogens is 1. The van der Waals surface area contributed by atoms with Crippen LogP contribution in [-0.4, -0.2) is 46.2 Å². The average Bonchev–Trinajstić information content (AvgIpc) is 3.17. The molecule has 1 aliphatic heterocycles. The van der Waals surface area contributed by atoms with Gasteiger partial charge in [0.05, 0.1) is 5.69 Å². The number of nitrogens with one attached hydrogen (secondary N) is 1. The number of urea groups is 1. The summed E-state index contributed by atoms with van der Waals surface area (Å²) in [4.78, 5) is 14.5. The lowest BCUT2D eigenvalue weighted by Crippen LogP contribution is -2.49. The quantitative estimate of drug-likeness (QED) is 0.913. The number of thioether (sulfide) groups is 1. The molecular formula is C17H27N3O2S. The molecule has 2 unspecified atom stereocenters. The van der Waals surface area contributed by atoms with Crippen molar-refractivity contribution in [1.29, 1.82) is 0 Å². The molecule has 23 heavy (non-hydrogen) atoms. The summed E-state index contributed by atoms with van der Waals surface area (Å²) in [5.74, 6) is 2.49. The van der Waals surface area contributed by atoms with Crippen molar-refractivity contribution in [2.75, 3.05) is 18.8 Å². The van der Waals surface area contributed by atoms with E-state index < -0.39 is 0 Å². The molecular weight excluding hydrogens is 310 g/mol. The van der Waals surface area contributed by atoms with E-state index >= 15 is 0 Å². The normalized spacial score (nSPS) is 25.7. The second-order valence-electron chi connectivity index (χ2n) is 6.61. The molecule has 1 aliphatic carbocycles. The van der Waals surface area contributed by atoms with E-state index in [1.165, 1.54) is 12.8 Å². The van der Waals surface area contributed by atoms with Crippen LogP contribution in [0.5, 0.6) is 0 Å². The van der Waals surface area contributed by atoms with Crippen LogP contribution in [0.25, 0.3) is 0 Å². The molecule has 1 aromatic heterocycles. The second-order valence-corrected chi connectivity index (χ2v) is 8.13. The molecule has 0 spiro atoms. The summed E-state index contributed by atoms with van der Waals surface area (Å²) >= 11 is 1.98. The maximum absolute atomic E-state index is 12.5. The molecule has 1 saturated heterocycles. The molecule has 128 valence electrons. The number of amides is 2. The van der Waals surface area contributed by atoms with Crippen LogP contribution in [0.3, 0.4) is 0 Å². The standard InChI is InChI=1S/C17H27N3O2S/c1-3-23-16-6-4-5-14(16)18-17(21)20-9-7-13(8-10-20)15-11-12(2)19-22-15/h11,13-14,16H,3-10H2,1-2H3,(H,18,21). The Morgan fingerprint density at radius 2 is 2.17 bits per heavy atom. The van der Waals surface area contributed by atoms with Gasteiger partial charge < -0.3 is 14.7 Å². The van der Waals surface area contributed by atoms with Crippen molar-refractivity contribution in [1.82, 2.24) is 15.4 Å². The van der Waals surface area contributed by atoms with Crippen molar-refractivity contribution < 1.29 is 9.32 Å². The third-order valence-corrected chi connectivity index (χ3v) is 6.30. The van der Waals surface area contributed by atoms with Gasteiger partial charge in [0, 0.05) is 36.4 Å². The van der Waals surface area contributed by atoms with Gasteiger partial charge in [-0.05, 0) is 38.4 Å². The lowest BCUT2D eigenvalue weighted by molar-refractivity contribution is 0.173. The van der Waals surface area contributed by atoms with Crippen molar-refractivity contribution in [3.8, 4) is 0 Å². The van der Waals surface area contributed by atoms with Crippen LogP contribution in [0, 0.1) is 6.92 Å². The van der Waals surface area contributed by atoms with Crippen molar-refractivity contribution >= 4 is 17.8 Å². The Morgan fingerprint density at radius 3 is 2.83 bits per heavy atom. The average molecular weight is 337 g/mol. The third kappa shape index (κ3) is 4.03. The molecule has 1 N–H and O–H groups in total. The summed E-state index contributed by atoms with van der Waals surface area (Å²) in [6.07, 6.45) is 5.50. The number of piperidine rings is 1. The molecule has 3 rings (SSSR count). The Balaban J connectivity index is 1.48. The topological polar surface area (TPSA) is 58.4 Å². The molecule has 2 amide bonds. The van der Waals surface area contributed by atoms with E-state index in [1.54, 1.807) is 0 Å². The first-order chi connectivity index (χ1) is 11.2. The molecule has 2 heterocycles. The molecule has 2 aliphatic rings. The predicted molar refractivity (Wildman–Crippen MR) is 92.9 cm³/mol. The molecule has 0 radical (unpaired) electrons. The van der Waals surface area contributed by atoms with Gasteiger partial charge in [-0.25, -0.2) is 4.79 Å². The highest BCUT2D eigenvalue weighted by Gasteiger charge is 2.31. The van der Waals surface area contributed by atoms with Crippen LogP contribution in [0.15, 0.2) is 10.6 Å². The summed E-state index contributed by atoms with van der Waals surface area (Å²) in [6, 6.07) is 2.48.